The summed E-state index contributed by atoms with van der Waals surface area (Å²) in [6, 6.07) is 57.1. The smallest absolute Gasteiger partial charge is 0.343 e. The van der Waals surface area contributed by atoms with Gasteiger partial charge < -0.3 is 47.4 Å². The number of hydrogen-bond donors (Lipinski definition) is 0. The molecular weight excluding hydrogens is 1140 g/mol. The van der Waals surface area contributed by atoms with Gasteiger partial charge in [-0.3, -0.25) is 0 Å². The van der Waals surface area contributed by atoms with Crippen molar-refractivity contribution in [2.45, 2.75) is 52.4 Å². The molecule has 12 rings (SSSR count). The Morgan fingerprint density at radius 1 is 0.356 bits per heavy atom. The molecule has 2 fully saturated rings. The van der Waals surface area contributed by atoms with E-state index < -0.39 is 23.9 Å². The van der Waals surface area contributed by atoms with Gasteiger partial charge in [-0.1, -0.05) is 98.8 Å². The topological polar surface area (TPSA) is 161 Å². The molecule has 2 saturated heterocycles. The van der Waals surface area contributed by atoms with Gasteiger partial charge in [0.1, 0.15) is 34.5 Å². The van der Waals surface area contributed by atoms with Crippen molar-refractivity contribution in [3.8, 4) is 45.6 Å². The minimum absolute atomic E-state index is 0.185. The van der Waals surface area contributed by atoms with Gasteiger partial charge in [0.15, 0.2) is 0 Å². The van der Waals surface area contributed by atoms with E-state index in [1.807, 2.05) is 109 Å². The lowest BCUT2D eigenvalue weighted by Crippen LogP contribution is -2.45. The van der Waals surface area contributed by atoms with Crippen LogP contribution in [0.25, 0.3) is 54.2 Å². The zero-order valence-electron chi connectivity index (χ0n) is 50.5. The summed E-state index contributed by atoms with van der Waals surface area (Å²) in [7, 11) is 0. The Bertz CT molecular complexity index is 3940. The molecule has 0 aliphatic carbocycles. The quantitative estimate of drug-likeness (QED) is 0.0272. The first-order valence-electron chi connectivity index (χ1n) is 30.8. The number of ether oxygens (including phenoxy) is 10. The molecule has 0 spiro atoms. The van der Waals surface area contributed by atoms with Crippen LogP contribution in [0, 0.1) is 10.8 Å². The zero-order valence-corrected chi connectivity index (χ0v) is 50.5. The summed E-state index contributed by atoms with van der Waals surface area (Å²) in [5.74, 6) is -0.0315. The monoisotopic (exact) mass is 1210 g/mol. The lowest BCUT2D eigenvalue weighted by Gasteiger charge is -2.40. The number of carbonyl (C=O) groups is 4. The number of hydrogen-bond acceptors (Lipinski definition) is 14. The standard InChI is InChI=1S/C76H70O14/c1-3-75(47-83-48-75)45-81-37-9-11-39-85-63-33-25-55-41-59(19-17-57(55)43-63)73(79)87-61-29-21-53(22-30-61)71(77)89-67-35-27-51-13-5-7-15-65(51)69(67)70-66-16-8-6-14-52(66)28-36-68(70)90-72(78)54-23-31-62(32-24-54)88-74(80)60-20-18-58-44-64(34-26-56(58)42-60)86-40-12-10-38-82-46-76(4-2)49-84-50-76/h5-8,13-36,41-44H,3-4,9-12,37-40,45-50H2,1-2H3. The van der Waals surface area contributed by atoms with Gasteiger partial charge in [-0.2, -0.15) is 0 Å². The summed E-state index contributed by atoms with van der Waals surface area (Å²) in [4.78, 5) is 55.2. The summed E-state index contributed by atoms with van der Waals surface area (Å²) in [5, 5.41) is 6.75. The van der Waals surface area contributed by atoms with Crippen molar-refractivity contribution in [3.63, 3.8) is 0 Å². The molecule has 10 aromatic rings. The maximum atomic E-state index is 14.2. The second-order valence-electron chi connectivity index (χ2n) is 23.3. The van der Waals surface area contributed by atoms with E-state index in [0.717, 1.165) is 133 Å². The van der Waals surface area contributed by atoms with E-state index >= 15 is 0 Å². The Kier molecular flexibility index (Phi) is 18.9. The van der Waals surface area contributed by atoms with Gasteiger partial charge in [-0.05, 0) is 191 Å². The van der Waals surface area contributed by atoms with Crippen LogP contribution in [-0.2, 0) is 18.9 Å². The minimum atomic E-state index is -0.667. The Morgan fingerprint density at radius 3 is 1.10 bits per heavy atom. The van der Waals surface area contributed by atoms with Crippen LogP contribution in [0.1, 0.15) is 93.8 Å². The van der Waals surface area contributed by atoms with E-state index in [2.05, 4.69) is 13.8 Å². The molecule has 90 heavy (non-hydrogen) atoms. The number of esters is 4. The second kappa shape index (κ2) is 27.9. The van der Waals surface area contributed by atoms with Gasteiger partial charge in [0.2, 0.25) is 0 Å². The van der Waals surface area contributed by atoms with Gasteiger partial charge in [0.05, 0.1) is 75.1 Å². The Balaban J connectivity index is 0.672. The number of unbranched alkanes of at least 4 members (excludes halogenated alkanes) is 2. The van der Waals surface area contributed by atoms with Crippen LogP contribution in [-0.4, -0.2) is 89.9 Å². The minimum Gasteiger partial charge on any atom is -0.494 e. The Morgan fingerprint density at radius 2 is 0.700 bits per heavy atom. The van der Waals surface area contributed by atoms with Crippen LogP contribution in [0.15, 0.2) is 194 Å². The van der Waals surface area contributed by atoms with Gasteiger partial charge in [0, 0.05) is 35.2 Å². The van der Waals surface area contributed by atoms with Crippen molar-refractivity contribution >= 4 is 67.0 Å². The molecule has 0 aromatic heterocycles. The van der Waals surface area contributed by atoms with Gasteiger partial charge in [-0.15, -0.1) is 0 Å². The van der Waals surface area contributed by atoms with Crippen molar-refractivity contribution in [2.75, 3.05) is 66.1 Å². The maximum absolute atomic E-state index is 14.2. The molecule has 458 valence electrons. The maximum Gasteiger partial charge on any atom is 0.343 e. The molecule has 0 saturated carbocycles. The lowest BCUT2D eigenvalue weighted by molar-refractivity contribution is -0.150. The Hall–Kier alpha value is -9.44. The van der Waals surface area contributed by atoms with E-state index in [0.29, 0.717) is 48.7 Å². The van der Waals surface area contributed by atoms with Crippen LogP contribution in [0.3, 0.4) is 0 Å². The molecule has 14 heteroatoms. The predicted molar refractivity (Wildman–Crippen MR) is 346 cm³/mol. The third-order valence-electron chi connectivity index (χ3n) is 17.0. The van der Waals surface area contributed by atoms with Crippen molar-refractivity contribution in [1.29, 1.82) is 0 Å². The number of fused-ring (bicyclic) bond motifs is 4. The van der Waals surface area contributed by atoms with Crippen molar-refractivity contribution in [3.05, 3.63) is 216 Å². The fourth-order valence-electron chi connectivity index (χ4n) is 11.2. The first-order valence-corrected chi connectivity index (χ1v) is 30.8. The first kappa shape index (κ1) is 60.8. The highest BCUT2D eigenvalue weighted by Crippen LogP contribution is 2.46. The fraction of sp³-hybridized carbons (Fsp3) is 0.263. The molecule has 14 nitrogen and oxygen atoms in total. The van der Waals surface area contributed by atoms with Gasteiger partial charge in [0.25, 0.3) is 0 Å². The third kappa shape index (κ3) is 14.2. The Labute approximate surface area is 522 Å². The molecule has 0 N–H and O–H groups in total. The molecule has 0 unspecified atom stereocenters. The predicted octanol–water partition coefficient (Wildman–Crippen LogP) is 16.0. The summed E-state index contributed by atoms with van der Waals surface area (Å²) in [6.07, 6.45) is 5.66. The summed E-state index contributed by atoms with van der Waals surface area (Å²) >= 11 is 0. The average Bonchev–Trinajstić information content (AvgIpc) is 0.964. The highest BCUT2D eigenvalue weighted by atomic mass is 16.6. The first-order chi connectivity index (χ1) is 44.0. The van der Waals surface area contributed by atoms with E-state index in [1.54, 1.807) is 60.7 Å². The molecular formula is C76H70O14. The normalized spacial score (nSPS) is 13.9. The van der Waals surface area contributed by atoms with Crippen LogP contribution in [0.2, 0.25) is 0 Å². The van der Waals surface area contributed by atoms with Crippen LogP contribution < -0.4 is 28.4 Å². The molecule has 0 amide bonds. The fourth-order valence-corrected chi connectivity index (χ4v) is 11.2. The zero-order chi connectivity index (χ0) is 61.9. The average molecular weight is 1210 g/mol. The third-order valence-corrected chi connectivity index (χ3v) is 17.0. The highest BCUT2D eigenvalue weighted by molar-refractivity contribution is 6.11. The largest absolute Gasteiger partial charge is 0.494 e. The van der Waals surface area contributed by atoms with Crippen molar-refractivity contribution in [1.82, 2.24) is 0 Å². The SMILES string of the molecule is CCC1(COCCCCOc2ccc3cc(C(=O)Oc4ccc(C(=O)Oc5ccc6ccccc6c5-c5c(OC(=O)c6ccc(OC(=O)c7ccc8cc(OCCCCOCC9(CC)COC9)ccc8c7)cc6)ccc6ccccc56)cc4)ccc3c2)COC1. The summed E-state index contributed by atoms with van der Waals surface area (Å²) in [5.41, 5.74) is 2.56. The highest BCUT2D eigenvalue weighted by Gasteiger charge is 2.38. The van der Waals surface area contributed by atoms with E-state index in [-0.39, 0.29) is 45.0 Å². The number of benzene rings is 10. The molecule has 2 aliphatic heterocycles. The number of carbonyl (C=O) groups excluding carboxylic acids is 4. The summed E-state index contributed by atoms with van der Waals surface area (Å²) < 4.78 is 58.8. The van der Waals surface area contributed by atoms with E-state index in [1.165, 1.54) is 24.3 Å². The van der Waals surface area contributed by atoms with Crippen LogP contribution >= 0.6 is 0 Å². The lowest BCUT2D eigenvalue weighted by atomic mass is 9.84. The van der Waals surface area contributed by atoms with Crippen LogP contribution in [0.4, 0.5) is 0 Å². The number of rotatable bonds is 27. The van der Waals surface area contributed by atoms with Gasteiger partial charge in [-0.25, -0.2) is 19.2 Å². The summed E-state index contributed by atoms with van der Waals surface area (Å²) in [6.45, 7) is 11.5. The van der Waals surface area contributed by atoms with Crippen molar-refractivity contribution in [2.24, 2.45) is 10.8 Å². The molecule has 0 atom stereocenters. The molecule has 0 radical (unpaired) electrons. The van der Waals surface area contributed by atoms with E-state index in [4.69, 9.17) is 47.4 Å². The molecule has 0 bridgehead atoms. The van der Waals surface area contributed by atoms with Crippen molar-refractivity contribution < 1.29 is 66.5 Å². The molecule has 2 heterocycles. The van der Waals surface area contributed by atoms with E-state index in [9.17, 15) is 19.2 Å². The molecule has 10 aromatic carbocycles. The second-order valence-corrected chi connectivity index (χ2v) is 23.3. The molecule has 2 aliphatic rings. The van der Waals surface area contributed by atoms with Gasteiger partial charge >= 0.3 is 23.9 Å². The van der Waals surface area contributed by atoms with Crippen LogP contribution in [0.5, 0.6) is 34.5 Å².